The summed E-state index contributed by atoms with van der Waals surface area (Å²) in [5, 5.41) is 15.2. The summed E-state index contributed by atoms with van der Waals surface area (Å²) in [5.41, 5.74) is 2.88. The summed E-state index contributed by atoms with van der Waals surface area (Å²) >= 11 is 1.41. The molecule has 0 radical (unpaired) electrons. The van der Waals surface area contributed by atoms with Gasteiger partial charge < -0.3 is 19.5 Å². The second-order valence-electron chi connectivity index (χ2n) is 5.65. The van der Waals surface area contributed by atoms with E-state index in [1.807, 2.05) is 41.8 Å². The van der Waals surface area contributed by atoms with Crippen molar-refractivity contribution in [2.75, 3.05) is 26.6 Å². The summed E-state index contributed by atoms with van der Waals surface area (Å²) < 4.78 is 15.8. The Kier molecular flexibility index (Phi) is 6.14. The molecule has 1 heterocycles. The Morgan fingerprint density at radius 3 is 2.57 bits per heavy atom. The molecule has 0 bridgehead atoms. The molecular weight excluding hydrogens is 374 g/mol. The van der Waals surface area contributed by atoms with Crippen LogP contribution in [-0.2, 0) is 0 Å². The van der Waals surface area contributed by atoms with E-state index >= 15 is 0 Å². The van der Waals surface area contributed by atoms with Gasteiger partial charge in [0.15, 0.2) is 0 Å². The number of nitrogens with zero attached hydrogens (tertiary/aromatic N) is 2. The molecule has 6 nitrogen and oxygen atoms in total. The van der Waals surface area contributed by atoms with E-state index in [1.165, 1.54) is 11.3 Å². The Hall–Kier alpha value is -3.50. The Bertz CT molecular complexity index is 1040. The van der Waals surface area contributed by atoms with Crippen LogP contribution in [0.3, 0.4) is 0 Å². The molecule has 28 heavy (non-hydrogen) atoms. The van der Waals surface area contributed by atoms with E-state index in [4.69, 9.17) is 14.2 Å². The number of allylic oxidation sites excluding steroid dienone is 1. The molecule has 142 valence electrons. The van der Waals surface area contributed by atoms with Gasteiger partial charge in [-0.1, -0.05) is 12.1 Å². The average molecular weight is 393 g/mol. The van der Waals surface area contributed by atoms with Gasteiger partial charge in [0, 0.05) is 23.2 Å². The van der Waals surface area contributed by atoms with Gasteiger partial charge in [-0.3, -0.25) is 0 Å². The molecule has 7 heteroatoms. The lowest BCUT2D eigenvalue weighted by Gasteiger charge is -2.10. The Labute approximate surface area is 167 Å². The molecule has 3 aromatic rings. The van der Waals surface area contributed by atoms with Gasteiger partial charge in [-0.25, -0.2) is 4.98 Å². The molecule has 0 atom stereocenters. The zero-order chi connectivity index (χ0) is 19.9. The summed E-state index contributed by atoms with van der Waals surface area (Å²) in [7, 11) is 4.80. The number of nitriles is 1. The number of rotatable bonds is 7. The zero-order valence-corrected chi connectivity index (χ0v) is 16.5. The summed E-state index contributed by atoms with van der Waals surface area (Å²) in [6.07, 6.45) is 1.62. The van der Waals surface area contributed by atoms with Crippen molar-refractivity contribution in [3.63, 3.8) is 0 Å². The number of ether oxygens (including phenoxy) is 3. The van der Waals surface area contributed by atoms with E-state index < -0.39 is 0 Å². The van der Waals surface area contributed by atoms with Crippen molar-refractivity contribution >= 4 is 22.6 Å². The zero-order valence-electron chi connectivity index (χ0n) is 15.7. The molecule has 2 aromatic carbocycles. The van der Waals surface area contributed by atoms with Crippen molar-refractivity contribution in [1.82, 2.24) is 4.98 Å². The van der Waals surface area contributed by atoms with Crippen LogP contribution in [0.1, 0.15) is 5.01 Å². The van der Waals surface area contributed by atoms with Gasteiger partial charge in [-0.15, -0.1) is 11.3 Å². The van der Waals surface area contributed by atoms with Gasteiger partial charge in [-0.2, -0.15) is 5.26 Å². The summed E-state index contributed by atoms with van der Waals surface area (Å²) in [6.45, 7) is 0. The predicted molar refractivity (Wildman–Crippen MR) is 111 cm³/mol. The Morgan fingerprint density at radius 1 is 1.07 bits per heavy atom. The smallest absolute Gasteiger partial charge is 0.145 e. The van der Waals surface area contributed by atoms with Crippen molar-refractivity contribution in [1.29, 1.82) is 5.26 Å². The van der Waals surface area contributed by atoms with Crippen LogP contribution in [0, 0.1) is 11.3 Å². The maximum Gasteiger partial charge on any atom is 0.145 e. The second-order valence-corrected chi connectivity index (χ2v) is 6.51. The minimum Gasteiger partial charge on any atom is -0.497 e. The second kappa shape index (κ2) is 8.93. The fourth-order valence-electron chi connectivity index (χ4n) is 2.52. The van der Waals surface area contributed by atoms with E-state index in [9.17, 15) is 5.26 Å². The molecule has 1 N–H and O–H groups in total. The Morgan fingerprint density at radius 2 is 1.86 bits per heavy atom. The number of aromatic nitrogens is 1. The van der Waals surface area contributed by atoms with Gasteiger partial charge in [0.2, 0.25) is 0 Å². The highest BCUT2D eigenvalue weighted by Gasteiger charge is 2.10. The first kappa shape index (κ1) is 19.3. The third kappa shape index (κ3) is 4.24. The largest absolute Gasteiger partial charge is 0.497 e. The normalized spacial score (nSPS) is 10.9. The highest BCUT2D eigenvalue weighted by molar-refractivity contribution is 7.11. The van der Waals surface area contributed by atoms with E-state index in [0.29, 0.717) is 22.1 Å². The van der Waals surface area contributed by atoms with Crippen LogP contribution < -0.4 is 19.5 Å². The first-order chi connectivity index (χ1) is 13.7. The van der Waals surface area contributed by atoms with Crippen LogP contribution in [-0.4, -0.2) is 26.3 Å². The number of thiazole rings is 1. The number of hydrogen-bond acceptors (Lipinski definition) is 7. The average Bonchev–Trinajstić information content (AvgIpc) is 3.24. The number of anilines is 1. The number of methoxy groups -OCH3 is 3. The minimum atomic E-state index is 0.428. The van der Waals surface area contributed by atoms with Crippen molar-refractivity contribution < 1.29 is 14.2 Å². The van der Waals surface area contributed by atoms with Crippen LogP contribution >= 0.6 is 11.3 Å². The predicted octanol–water partition coefficient (Wildman–Crippen LogP) is 4.81. The van der Waals surface area contributed by atoms with Crippen LogP contribution in [0.15, 0.2) is 54.0 Å². The Balaban J connectivity index is 1.84. The van der Waals surface area contributed by atoms with E-state index in [0.717, 1.165) is 22.7 Å². The third-order valence-electron chi connectivity index (χ3n) is 4.00. The van der Waals surface area contributed by atoms with Crippen LogP contribution in [0.25, 0.3) is 16.8 Å². The van der Waals surface area contributed by atoms with Crippen LogP contribution in [0.2, 0.25) is 0 Å². The fourth-order valence-corrected chi connectivity index (χ4v) is 3.32. The first-order valence-electron chi connectivity index (χ1n) is 8.37. The molecule has 0 aliphatic heterocycles. The molecular formula is C21H19N3O3S. The minimum absolute atomic E-state index is 0.428. The first-order valence-corrected chi connectivity index (χ1v) is 9.25. The van der Waals surface area contributed by atoms with Gasteiger partial charge in [0.05, 0.1) is 32.7 Å². The van der Waals surface area contributed by atoms with Gasteiger partial charge in [-0.05, 0) is 24.3 Å². The summed E-state index contributed by atoms with van der Waals surface area (Å²) in [6, 6.07) is 15.3. The van der Waals surface area contributed by atoms with E-state index in [1.54, 1.807) is 33.6 Å². The number of hydrogen-bond donors (Lipinski definition) is 1. The van der Waals surface area contributed by atoms with Crippen LogP contribution in [0.5, 0.6) is 17.2 Å². The quantitative estimate of drug-likeness (QED) is 0.581. The van der Waals surface area contributed by atoms with Gasteiger partial charge in [0.1, 0.15) is 33.9 Å². The molecule has 0 spiro atoms. The maximum atomic E-state index is 9.57. The van der Waals surface area contributed by atoms with Crippen molar-refractivity contribution in [2.45, 2.75) is 0 Å². The lowest BCUT2D eigenvalue weighted by molar-refractivity contribution is 0.395. The van der Waals surface area contributed by atoms with Gasteiger partial charge >= 0.3 is 0 Å². The van der Waals surface area contributed by atoms with Crippen molar-refractivity contribution in [3.05, 3.63) is 59.1 Å². The summed E-state index contributed by atoms with van der Waals surface area (Å²) in [4.78, 5) is 4.59. The highest BCUT2D eigenvalue weighted by atomic mass is 32.1. The highest BCUT2D eigenvalue weighted by Crippen LogP contribution is 2.31. The molecule has 0 saturated carbocycles. The molecule has 3 rings (SSSR count). The van der Waals surface area contributed by atoms with Crippen molar-refractivity contribution in [3.8, 4) is 34.6 Å². The molecule has 0 aliphatic rings. The lowest BCUT2D eigenvalue weighted by atomic mass is 10.1. The maximum absolute atomic E-state index is 9.57. The SMILES string of the molecule is COc1cccc(-c2csc(/C(C#N)=C/Nc3ccc(OC)cc3OC)n2)c1. The molecule has 0 amide bonds. The monoisotopic (exact) mass is 393 g/mol. The number of benzene rings is 2. The van der Waals surface area contributed by atoms with E-state index in [2.05, 4.69) is 16.4 Å². The molecule has 0 saturated heterocycles. The van der Waals surface area contributed by atoms with Crippen molar-refractivity contribution in [2.24, 2.45) is 0 Å². The topological polar surface area (TPSA) is 76.4 Å². The summed E-state index contributed by atoms with van der Waals surface area (Å²) in [5.74, 6) is 2.07. The van der Waals surface area contributed by atoms with Crippen LogP contribution in [0.4, 0.5) is 5.69 Å². The molecule has 0 unspecified atom stereocenters. The van der Waals surface area contributed by atoms with Gasteiger partial charge in [0.25, 0.3) is 0 Å². The third-order valence-corrected chi connectivity index (χ3v) is 4.88. The molecule has 0 aliphatic carbocycles. The molecule has 1 aromatic heterocycles. The standard InChI is InChI=1S/C21H19N3O3S/c1-25-16-6-4-5-14(9-16)19-13-28-21(24-19)15(11-22)12-23-18-8-7-17(26-2)10-20(18)27-3/h4-10,12-13,23H,1-3H3/b15-12+. The molecule has 0 fully saturated rings. The fraction of sp³-hybridized carbons (Fsp3) is 0.143. The lowest BCUT2D eigenvalue weighted by Crippen LogP contribution is -1.95. The number of nitrogens with one attached hydrogen (secondary N) is 1. The van der Waals surface area contributed by atoms with E-state index in [-0.39, 0.29) is 0 Å².